The highest BCUT2D eigenvalue weighted by Gasteiger charge is 2.24. The number of hydrogen-bond donors (Lipinski definition) is 1. The summed E-state index contributed by atoms with van der Waals surface area (Å²) >= 11 is 6.11. The molecule has 10 heteroatoms. The molecule has 0 aliphatic rings. The average molecular weight is 540 g/mol. The smallest absolute Gasteiger partial charge is 0.338 e. The average Bonchev–Trinajstić information content (AvgIpc) is 2.85. The van der Waals surface area contributed by atoms with Gasteiger partial charge in [0.25, 0.3) is 5.56 Å². The van der Waals surface area contributed by atoms with Gasteiger partial charge in [-0.1, -0.05) is 18.5 Å². The highest BCUT2D eigenvalue weighted by Crippen LogP contribution is 2.33. The molecule has 0 saturated heterocycles. The fourth-order valence-corrected chi connectivity index (χ4v) is 3.96. The SMILES string of the molecule is CCC(C(=O)Nc1ccc(C(=O)OC(C)(C)C)cc1F)n1cc(OC)c(-c2cc(Cl)ccc2C#N)cc1=O. The number of benzene rings is 2. The highest BCUT2D eigenvalue weighted by atomic mass is 35.5. The monoisotopic (exact) mass is 539 g/mol. The highest BCUT2D eigenvalue weighted by molar-refractivity contribution is 6.31. The number of nitrogens with one attached hydrogen (secondary N) is 1. The van der Waals surface area contributed by atoms with Crippen molar-refractivity contribution in [3.63, 3.8) is 0 Å². The maximum Gasteiger partial charge on any atom is 0.338 e. The van der Waals surface area contributed by atoms with Gasteiger partial charge >= 0.3 is 5.97 Å². The van der Waals surface area contributed by atoms with Crippen molar-refractivity contribution in [3.05, 3.63) is 81.0 Å². The minimum Gasteiger partial charge on any atom is -0.495 e. The summed E-state index contributed by atoms with van der Waals surface area (Å²) in [4.78, 5) is 38.5. The summed E-state index contributed by atoms with van der Waals surface area (Å²) in [5, 5.41) is 12.3. The molecule has 3 aromatic rings. The number of halogens is 2. The Morgan fingerprint density at radius 1 is 1.16 bits per heavy atom. The lowest BCUT2D eigenvalue weighted by molar-refractivity contribution is -0.119. The van der Waals surface area contributed by atoms with Crippen LogP contribution in [0.3, 0.4) is 0 Å². The Hall–Kier alpha value is -4.16. The number of carbonyl (C=O) groups is 2. The molecule has 0 saturated carbocycles. The van der Waals surface area contributed by atoms with Crippen molar-refractivity contribution in [2.45, 2.75) is 45.8 Å². The van der Waals surface area contributed by atoms with Crippen molar-refractivity contribution in [1.29, 1.82) is 5.26 Å². The molecule has 0 aliphatic heterocycles. The maximum absolute atomic E-state index is 14.8. The van der Waals surface area contributed by atoms with Gasteiger partial charge in [-0.05, 0) is 63.6 Å². The number of nitriles is 1. The molecule has 38 heavy (non-hydrogen) atoms. The van der Waals surface area contributed by atoms with Crippen LogP contribution in [-0.2, 0) is 9.53 Å². The number of carbonyl (C=O) groups excluding carboxylic acids is 2. The molecule has 8 nitrogen and oxygen atoms in total. The quantitative estimate of drug-likeness (QED) is 0.384. The lowest BCUT2D eigenvalue weighted by Crippen LogP contribution is -2.33. The summed E-state index contributed by atoms with van der Waals surface area (Å²) in [7, 11) is 1.40. The third-order valence-electron chi connectivity index (χ3n) is 5.54. The number of anilines is 1. The molecular weight excluding hydrogens is 513 g/mol. The van der Waals surface area contributed by atoms with Crippen LogP contribution in [0.1, 0.15) is 56.1 Å². The van der Waals surface area contributed by atoms with E-state index >= 15 is 0 Å². The maximum atomic E-state index is 14.8. The van der Waals surface area contributed by atoms with E-state index in [4.69, 9.17) is 21.1 Å². The molecule has 3 rings (SSSR count). The number of methoxy groups -OCH3 is 1. The van der Waals surface area contributed by atoms with Crippen LogP contribution in [-0.4, -0.2) is 29.2 Å². The molecule has 0 radical (unpaired) electrons. The predicted molar refractivity (Wildman–Crippen MR) is 142 cm³/mol. The Morgan fingerprint density at radius 2 is 1.87 bits per heavy atom. The van der Waals surface area contributed by atoms with Crippen LogP contribution in [0.2, 0.25) is 5.02 Å². The first-order valence-corrected chi connectivity index (χ1v) is 12.1. The summed E-state index contributed by atoms with van der Waals surface area (Å²) in [6.07, 6.45) is 1.57. The van der Waals surface area contributed by atoms with E-state index in [1.54, 1.807) is 39.8 Å². The van der Waals surface area contributed by atoms with E-state index in [9.17, 15) is 24.0 Å². The fraction of sp³-hybridized carbons (Fsp3) is 0.286. The van der Waals surface area contributed by atoms with E-state index in [0.29, 0.717) is 21.7 Å². The van der Waals surface area contributed by atoms with E-state index in [-0.39, 0.29) is 23.4 Å². The van der Waals surface area contributed by atoms with Gasteiger partial charge in [-0.15, -0.1) is 0 Å². The second-order valence-electron chi connectivity index (χ2n) is 9.41. The Bertz CT molecular complexity index is 1490. The van der Waals surface area contributed by atoms with Crippen molar-refractivity contribution in [2.75, 3.05) is 12.4 Å². The van der Waals surface area contributed by atoms with Gasteiger partial charge in [0.2, 0.25) is 5.91 Å². The molecule has 1 heterocycles. The van der Waals surface area contributed by atoms with Gasteiger partial charge in [-0.2, -0.15) is 5.26 Å². The Labute approximate surface area is 224 Å². The number of ether oxygens (including phenoxy) is 2. The van der Waals surface area contributed by atoms with Crippen molar-refractivity contribution in [3.8, 4) is 22.9 Å². The van der Waals surface area contributed by atoms with Crippen LogP contribution >= 0.6 is 11.6 Å². The first-order valence-electron chi connectivity index (χ1n) is 11.7. The van der Waals surface area contributed by atoms with Gasteiger partial charge in [-0.25, -0.2) is 9.18 Å². The lowest BCUT2D eigenvalue weighted by atomic mass is 10.00. The molecule has 0 bridgehead atoms. The van der Waals surface area contributed by atoms with E-state index in [1.807, 2.05) is 0 Å². The number of hydrogen-bond acceptors (Lipinski definition) is 6. The molecule has 0 spiro atoms. The molecule has 0 aliphatic carbocycles. The predicted octanol–water partition coefficient (Wildman–Crippen LogP) is 5.73. The van der Waals surface area contributed by atoms with Gasteiger partial charge < -0.3 is 14.8 Å². The summed E-state index contributed by atoms with van der Waals surface area (Å²) in [5.74, 6) is -1.93. The zero-order valence-electron chi connectivity index (χ0n) is 21.6. The number of aromatic nitrogens is 1. The van der Waals surface area contributed by atoms with Crippen LogP contribution in [0, 0.1) is 17.1 Å². The normalized spacial score (nSPS) is 11.8. The van der Waals surface area contributed by atoms with Crippen LogP contribution in [0.4, 0.5) is 10.1 Å². The molecule has 1 atom stereocenters. The Kier molecular flexibility index (Phi) is 8.59. The van der Waals surface area contributed by atoms with Gasteiger partial charge in [0.1, 0.15) is 23.2 Å². The first kappa shape index (κ1) is 28.4. The molecule has 1 N–H and O–H groups in total. The zero-order chi connectivity index (χ0) is 28.2. The standard InChI is InChI=1S/C28H27ClFN3O5/c1-6-23(26(35)32-22-10-8-16(11-21(22)30)27(36)38-28(2,3)4)33-15-24(37-5)20(13-25(33)34)19-12-18(29)9-7-17(19)14-31/h7-13,15,23H,6H2,1-5H3,(H,32,35). The van der Waals surface area contributed by atoms with Crippen LogP contribution in [0.5, 0.6) is 5.75 Å². The van der Waals surface area contributed by atoms with Gasteiger partial charge in [0.05, 0.1) is 36.2 Å². The Morgan fingerprint density at radius 3 is 2.45 bits per heavy atom. The number of pyridine rings is 1. The molecule has 1 unspecified atom stereocenters. The molecule has 1 amide bonds. The number of amides is 1. The summed E-state index contributed by atoms with van der Waals surface area (Å²) in [6, 6.07) is 10.5. The third kappa shape index (κ3) is 6.39. The zero-order valence-corrected chi connectivity index (χ0v) is 22.4. The molecule has 2 aromatic carbocycles. The van der Waals surface area contributed by atoms with Crippen molar-refractivity contribution >= 4 is 29.2 Å². The topological polar surface area (TPSA) is 110 Å². The van der Waals surface area contributed by atoms with Gasteiger partial charge in [-0.3, -0.25) is 14.2 Å². The lowest BCUT2D eigenvalue weighted by Gasteiger charge is -2.21. The van der Waals surface area contributed by atoms with E-state index in [0.717, 1.165) is 6.07 Å². The van der Waals surface area contributed by atoms with E-state index in [2.05, 4.69) is 11.4 Å². The third-order valence-corrected chi connectivity index (χ3v) is 5.78. The van der Waals surface area contributed by atoms with Gasteiger partial charge in [0, 0.05) is 22.2 Å². The fourth-order valence-electron chi connectivity index (χ4n) is 3.79. The second-order valence-corrected chi connectivity index (χ2v) is 9.85. The van der Waals surface area contributed by atoms with E-state index < -0.39 is 34.9 Å². The summed E-state index contributed by atoms with van der Waals surface area (Å²) in [5.41, 5.74) is -0.404. The molecular formula is C28H27ClFN3O5. The summed E-state index contributed by atoms with van der Waals surface area (Å²) < 4.78 is 26.7. The summed E-state index contributed by atoms with van der Waals surface area (Å²) in [6.45, 7) is 6.79. The number of esters is 1. The van der Waals surface area contributed by atoms with Crippen LogP contribution < -0.4 is 15.6 Å². The van der Waals surface area contributed by atoms with Crippen molar-refractivity contribution in [1.82, 2.24) is 4.57 Å². The minimum atomic E-state index is -1.01. The Balaban J connectivity index is 1.93. The van der Waals surface area contributed by atoms with Crippen molar-refractivity contribution in [2.24, 2.45) is 0 Å². The molecule has 0 fully saturated rings. The number of rotatable bonds is 7. The van der Waals surface area contributed by atoms with Crippen LogP contribution in [0.25, 0.3) is 11.1 Å². The second kappa shape index (κ2) is 11.5. The van der Waals surface area contributed by atoms with E-state index in [1.165, 1.54) is 42.1 Å². The first-order chi connectivity index (χ1) is 17.9. The van der Waals surface area contributed by atoms with Crippen molar-refractivity contribution < 1.29 is 23.5 Å². The van der Waals surface area contributed by atoms with Crippen LogP contribution in [0.15, 0.2) is 53.5 Å². The van der Waals surface area contributed by atoms with Gasteiger partial charge in [0.15, 0.2) is 0 Å². The minimum absolute atomic E-state index is 0.00300. The number of nitrogens with zero attached hydrogens (tertiary/aromatic N) is 2. The molecule has 1 aromatic heterocycles. The largest absolute Gasteiger partial charge is 0.495 e. The molecule has 198 valence electrons.